The molecule has 3 rings (SSSR count). The van der Waals surface area contributed by atoms with Crippen LogP contribution in [0.1, 0.15) is 19.3 Å². The molecular formula is C17H27N3O. The van der Waals surface area contributed by atoms with Gasteiger partial charge in [0.2, 0.25) is 0 Å². The van der Waals surface area contributed by atoms with E-state index in [1.165, 1.54) is 38.9 Å². The highest BCUT2D eigenvalue weighted by molar-refractivity contribution is 5.41. The van der Waals surface area contributed by atoms with Gasteiger partial charge in [-0.25, -0.2) is 0 Å². The number of anilines is 1. The van der Waals surface area contributed by atoms with Crippen molar-refractivity contribution in [2.24, 2.45) is 5.92 Å². The van der Waals surface area contributed by atoms with Gasteiger partial charge in [-0.3, -0.25) is 4.90 Å². The second kappa shape index (κ2) is 6.67. The van der Waals surface area contributed by atoms with Crippen LogP contribution in [0.5, 0.6) is 5.75 Å². The summed E-state index contributed by atoms with van der Waals surface area (Å²) in [5.41, 5.74) is 6.46. The third-order valence-electron chi connectivity index (χ3n) is 4.99. The van der Waals surface area contributed by atoms with Gasteiger partial charge in [-0.05, 0) is 69.6 Å². The van der Waals surface area contributed by atoms with Crippen LogP contribution in [0.3, 0.4) is 0 Å². The van der Waals surface area contributed by atoms with Crippen molar-refractivity contribution in [2.75, 3.05) is 45.6 Å². The second-order valence-corrected chi connectivity index (χ2v) is 6.46. The van der Waals surface area contributed by atoms with Crippen molar-refractivity contribution < 1.29 is 4.74 Å². The molecule has 0 saturated carbocycles. The van der Waals surface area contributed by atoms with Crippen molar-refractivity contribution in [2.45, 2.75) is 25.3 Å². The number of rotatable bonds is 4. The molecule has 0 aromatic heterocycles. The molecule has 0 radical (unpaired) electrons. The van der Waals surface area contributed by atoms with Gasteiger partial charge >= 0.3 is 0 Å². The van der Waals surface area contributed by atoms with E-state index < -0.39 is 0 Å². The van der Waals surface area contributed by atoms with Crippen LogP contribution in [-0.2, 0) is 0 Å². The highest BCUT2D eigenvalue weighted by atomic mass is 16.5. The Hall–Kier alpha value is -1.26. The average Bonchev–Trinajstić information content (AvgIpc) is 2.49. The van der Waals surface area contributed by atoms with Gasteiger partial charge in [0.25, 0.3) is 0 Å². The molecule has 2 unspecified atom stereocenters. The normalized spacial score (nSPS) is 27.3. The van der Waals surface area contributed by atoms with E-state index >= 15 is 0 Å². The van der Waals surface area contributed by atoms with E-state index in [1.54, 1.807) is 0 Å². The van der Waals surface area contributed by atoms with Gasteiger partial charge in [-0.1, -0.05) is 0 Å². The molecule has 2 heterocycles. The zero-order valence-electron chi connectivity index (χ0n) is 13.0. The lowest BCUT2D eigenvalue weighted by Crippen LogP contribution is -2.53. The predicted molar refractivity (Wildman–Crippen MR) is 86.5 cm³/mol. The van der Waals surface area contributed by atoms with E-state index in [2.05, 4.69) is 16.8 Å². The molecule has 2 atom stereocenters. The van der Waals surface area contributed by atoms with E-state index in [0.29, 0.717) is 0 Å². The summed E-state index contributed by atoms with van der Waals surface area (Å²) in [5, 5.41) is 0. The Morgan fingerprint density at radius 1 is 1.19 bits per heavy atom. The third kappa shape index (κ3) is 3.69. The molecular weight excluding hydrogens is 262 g/mol. The van der Waals surface area contributed by atoms with Gasteiger partial charge < -0.3 is 15.4 Å². The average molecular weight is 289 g/mol. The van der Waals surface area contributed by atoms with Crippen molar-refractivity contribution in [3.05, 3.63) is 24.3 Å². The Morgan fingerprint density at radius 3 is 2.81 bits per heavy atom. The van der Waals surface area contributed by atoms with Crippen LogP contribution >= 0.6 is 0 Å². The smallest absolute Gasteiger partial charge is 0.119 e. The van der Waals surface area contributed by atoms with Gasteiger partial charge in [-0.15, -0.1) is 0 Å². The fraction of sp³-hybridized carbons (Fsp3) is 0.647. The fourth-order valence-electron chi connectivity index (χ4n) is 3.79. The third-order valence-corrected chi connectivity index (χ3v) is 4.99. The Morgan fingerprint density at radius 2 is 2.00 bits per heavy atom. The highest BCUT2D eigenvalue weighted by Crippen LogP contribution is 2.29. The van der Waals surface area contributed by atoms with Crippen LogP contribution in [-0.4, -0.2) is 55.7 Å². The van der Waals surface area contributed by atoms with Gasteiger partial charge in [0.1, 0.15) is 12.4 Å². The number of benzene rings is 1. The number of nitrogen functional groups attached to an aromatic ring is 1. The van der Waals surface area contributed by atoms with E-state index in [-0.39, 0.29) is 0 Å². The second-order valence-electron chi connectivity index (χ2n) is 6.46. The van der Waals surface area contributed by atoms with Gasteiger partial charge in [0.15, 0.2) is 0 Å². The fourth-order valence-corrected chi connectivity index (χ4v) is 3.79. The quantitative estimate of drug-likeness (QED) is 0.862. The molecule has 0 aliphatic carbocycles. The Labute approximate surface area is 127 Å². The summed E-state index contributed by atoms with van der Waals surface area (Å²) in [6.07, 6.45) is 4.06. The number of nitrogens with zero attached hydrogens (tertiary/aromatic N) is 2. The van der Waals surface area contributed by atoms with E-state index in [9.17, 15) is 0 Å². The van der Waals surface area contributed by atoms with Crippen LogP contribution in [0.2, 0.25) is 0 Å². The van der Waals surface area contributed by atoms with Crippen LogP contribution < -0.4 is 10.5 Å². The lowest BCUT2D eigenvalue weighted by atomic mass is 9.84. The van der Waals surface area contributed by atoms with Crippen LogP contribution in [0.4, 0.5) is 5.69 Å². The Bertz CT molecular complexity index is 448. The van der Waals surface area contributed by atoms with Gasteiger partial charge in [0, 0.05) is 24.8 Å². The number of fused-ring (bicyclic) bond motifs is 1. The summed E-state index contributed by atoms with van der Waals surface area (Å²) >= 11 is 0. The summed E-state index contributed by atoms with van der Waals surface area (Å²) in [4.78, 5) is 5.13. The lowest BCUT2D eigenvalue weighted by Gasteiger charge is -2.46. The summed E-state index contributed by atoms with van der Waals surface area (Å²) in [5.74, 6) is 1.77. The molecule has 0 spiro atoms. The minimum absolute atomic E-state index is 0.761. The SMILES string of the molecule is CN1CCCC2CN(CCOc3ccc(N)cc3)CCC21. The molecule has 2 aliphatic heterocycles. The molecule has 4 heteroatoms. The Kier molecular flexibility index (Phi) is 4.66. The molecule has 2 N–H and O–H groups in total. The molecule has 1 aromatic carbocycles. The maximum atomic E-state index is 5.81. The van der Waals surface area contributed by atoms with E-state index in [1.807, 2.05) is 24.3 Å². The number of ether oxygens (including phenoxy) is 1. The molecule has 2 saturated heterocycles. The maximum absolute atomic E-state index is 5.81. The van der Waals surface area contributed by atoms with Gasteiger partial charge in [0.05, 0.1) is 0 Å². The lowest BCUT2D eigenvalue weighted by molar-refractivity contribution is 0.0337. The van der Waals surface area contributed by atoms with Gasteiger partial charge in [-0.2, -0.15) is 0 Å². The van der Waals surface area contributed by atoms with E-state index in [0.717, 1.165) is 36.5 Å². The molecule has 4 nitrogen and oxygen atoms in total. The zero-order valence-corrected chi connectivity index (χ0v) is 13.0. The molecule has 1 aromatic rings. The predicted octanol–water partition coefficient (Wildman–Crippen LogP) is 2.06. The number of likely N-dealkylation sites (tertiary alicyclic amines) is 2. The van der Waals surface area contributed by atoms with Crippen molar-refractivity contribution in [3.8, 4) is 5.75 Å². The van der Waals surface area contributed by atoms with Crippen LogP contribution in [0.15, 0.2) is 24.3 Å². The zero-order chi connectivity index (χ0) is 14.7. The first-order valence-electron chi connectivity index (χ1n) is 8.13. The summed E-state index contributed by atoms with van der Waals surface area (Å²) in [7, 11) is 2.29. The first kappa shape index (κ1) is 14.7. The van der Waals surface area contributed by atoms with E-state index in [4.69, 9.17) is 10.5 Å². The number of nitrogens with two attached hydrogens (primary N) is 1. The van der Waals surface area contributed by atoms with Crippen LogP contribution in [0, 0.1) is 5.92 Å². The molecule has 0 bridgehead atoms. The van der Waals surface area contributed by atoms with Crippen LogP contribution in [0.25, 0.3) is 0 Å². The topological polar surface area (TPSA) is 41.7 Å². The van der Waals surface area contributed by atoms with Crippen molar-refractivity contribution in [3.63, 3.8) is 0 Å². The first-order chi connectivity index (χ1) is 10.2. The standard InChI is InChI=1S/C17H27N3O/c1-19-9-2-3-14-13-20(10-8-17(14)19)11-12-21-16-6-4-15(18)5-7-16/h4-7,14,17H,2-3,8-13,18H2,1H3. The number of hydrogen-bond acceptors (Lipinski definition) is 4. The first-order valence-corrected chi connectivity index (χ1v) is 8.13. The molecule has 0 amide bonds. The summed E-state index contributed by atoms with van der Waals surface area (Å²) in [6, 6.07) is 8.47. The van der Waals surface area contributed by atoms with Crippen molar-refractivity contribution in [1.82, 2.24) is 9.80 Å². The maximum Gasteiger partial charge on any atom is 0.119 e. The highest BCUT2D eigenvalue weighted by Gasteiger charge is 2.33. The minimum Gasteiger partial charge on any atom is -0.492 e. The number of hydrogen-bond donors (Lipinski definition) is 1. The molecule has 116 valence electrons. The largest absolute Gasteiger partial charge is 0.492 e. The van der Waals surface area contributed by atoms with Crippen molar-refractivity contribution in [1.29, 1.82) is 0 Å². The molecule has 2 fully saturated rings. The monoisotopic (exact) mass is 289 g/mol. The Balaban J connectivity index is 1.43. The molecule has 2 aliphatic rings. The summed E-state index contributed by atoms with van der Waals surface area (Å²) < 4.78 is 5.81. The van der Waals surface area contributed by atoms with Crippen molar-refractivity contribution >= 4 is 5.69 Å². The molecule has 21 heavy (non-hydrogen) atoms. The summed E-state index contributed by atoms with van der Waals surface area (Å²) in [6.45, 7) is 5.51. The number of piperidine rings is 2. The minimum atomic E-state index is 0.761.